The first-order valence-corrected chi connectivity index (χ1v) is 10.4. The number of pyridine rings is 2. The molecule has 0 unspecified atom stereocenters. The van der Waals surface area contributed by atoms with E-state index in [0.29, 0.717) is 10.8 Å². The number of aromatic nitrogens is 2. The molecule has 4 aromatic rings. The predicted molar refractivity (Wildman–Crippen MR) is 109 cm³/mol. The second-order valence-electron chi connectivity index (χ2n) is 5.28. The molecule has 26 heavy (non-hydrogen) atoms. The van der Waals surface area contributed by atoms with Gasteiger partial charge in [-0.2, -0.15) is 8.42 Å². The molecule has 0 aliphatic carbocycles. The third kappa shape index (κ3) is 4.09. The average molecular weight is 496 g/mol. The highest BCUT2D eigenvalue weighted by Crippen LogP contribution is 2.28. The fraction of sp³-hybridized carbons (Fsp3) is 0. The molecule has 0 amide bonds. The zero-order valence-corrected chi connectivity index (χ0v) is 17.2. The topological polar surface area (TPSA) is 80.2 Å². The number of rotatable bonds is 1. The fourth-order valence-electron chi connectivity index (χ4n) is 2.44. The van der Waals surface area contributed by atoms with E-state index in [-0.39, 0.29) is 4.90 Å². The van der Waals surface area contributed by atoms with Gasteiger partial charge in [-0.1, -0.05) is 44.0 Å². The van der Waals surface area contributed by atoms with Crippen molar-refractivity contribution < 1.29 is 13.0 Å². The molecule has 0 aliphatic rings. The smallest absolute Gasteiger partial charge is 0.282 e. The summed E-state index contributed by atoms with van der Waals surface area (Å²) < 4.78 is 33.0. The second kappa shape index (κ2) is 7.79. The molecular weight excluding hydrogens is 484 g/mol. The Balaban J connectivity index is 0.000000158. The first-order valence-electron chi connectivity index (χ1n) is 7.36. The van der Waals surface area contributed by atoms with Crippen LogP contribution in [0.2, 0.25) is 0 Å². The van der Waals surface area contributed by atoms with Gasteiger partial charge < -0.3 is 0 Å². The van der Waals surface area contributed by atoms with E-state index in [1.165, 1.54) is 23.0 Å². The highest BCUT2D eigenvalue weighted by atomic mass is 79.9. The lowest BCUT2D eigenvalue weighted by atomic mass is 10.2. The zero-order valence-electron chi connectivity index (χ0n) is 13.2. The normalized spacial score (nSPS) is 11.2. The van der Waals surface area contributed by atoms with Crippen molar-refractivity contribution in [2.45, 2.75) is 4.90 Å². The van der Waals surface area contributed by atoms with Crippen molar-refractivity contribution in [3.8, 4) is 0 Å². The van der Waals surface area contributed by atoms with Gasteiger partial charge in [0.15, 0.2) is 0 Å². The number of hydrogen-bond donors (Lipinski definition) is 1. The Morgan fingerprint density at radius 1 is 0.769 bits per heavy atom. The van der Waals surface area contributed by atoms with Gasteiger partial charge in [0.2, 0.25) is 0 Å². The van der Waals surface area contributed by atoms with Gasteiger partial charge in [-0.25, -0.2) is 0 Å². The molecule has 0 aliphatic heterocycles. The Morgan fingerprint density at radius 2 is 1.42 bits per heavy atom. The summed E-state index contributed by atoms with van der Waals surface area (Å²) in [4.78, 5) is 7.73. The van der Waals surface area contributed by atoms with Crippen molar-refractivity contribution in [2.24, 2.45) is 0 Å². The number of nitrogens with zero attached hydrogens (tertiary/aromatic N) is 2. The van der Waals surface area contributed by atoms with Crippen molar-refractivity contribution in [2.75, 3.05) is 0 Å². The van der Waals surface area contributed by atoms with Crippen LogP contribution in [0.5, 0.6) is 0 Å². The summed E-state index contributed by atoms with van der Waals surface area (Å²) >= 11 is 6.76. The lowest BCUT2D eigenvalue weighted by Crippen LogP contribution is -1.99. The Hall–Kier alpha value is -1.87. The maximum absolute atomic E-state index is 11.1. The Morgan fingerprint density at radius 3 is 2.12 bits per heavy atom. The molecule has 0 atom stereocenters. The molecule has 0 fully saturated rings. The molecule has 132 valence electrons. The van der Waals surface area contributed by atoms with E-state index in [4.69, 9.17) is 4.55 Å². The molecule has 1 N–H and O–H groups in total. The van der Waals surface area contributed by atoms with Gasteiger partial charge >= 0.3 is 0 Å². The third-order valence-electron chi connectivity index (χ3n) is 3.63. The highest BCUT2D eigenvalue weighted by molar-refractivity contribution is 9.11. The van der Waals surface area contributed by atoms with Crippen LogP contribution in [0, 0.1) is 0 Å². The average Bonchev–Trinajstić information content (AvgIpc) is 2.62. The van der Waals surface area contributed by atoms with Crippen LogP contribution in [0.15, 0.2) is 81.1 Å². The molecule has 0 spiro atoms. The van der Waals surface area contributed by atoms with Crippen LogP contribution in [-0.2, 0) is 10.1 Å². The van der Waals surface area contributed by atoms with Crippen LogP contribution in [0.25, 0.3) is 21.5 Å². The zero-order chi connectivity index (χ0) is 18.7. The minimum Gasteiger partial charge on any atom is -0.282 e. The summed E-state index contributed by atoms with van der Waals surface area (Å²) in [5.74, 6) is 0. The first kappa shape index (κ1) is 18.9. The van der Waals surface area contributed by atoms with Gasteiger partial charge in [0, 0.05) is 49.9 Å². The Kier molecular flexibility index (Phi) is 5.67. The van der Waals surface area contributed by atoms with E-state index in [0.717, 1.165) is 8.95 Å². The van der Waals surface area contributed by atoms with Crippen LogP contribution >= 0.6 is 31.9 Å². The monoisotopic (exact) mass is 494 g/mol. The largest absolute Gasteiger partial charge is 0.295 e. The van der Waals surface area contributed by atoms with E-state index in [1.54, 1.807) is 24.5 Å². The van der Waals surface area contributed by atoms with Crippen LogP contribution in [0.1, 0.15) is 0 Å². The van der Waals surface area contributed by atoms with Gasteiger partial charge in [-0.05, 0) is 35.7 Å². The van der Waals surface area contributed by atoms with E-state index < -0.39 is 10.1 Å². The minimum atomic E-state index is -4.21. The van der Waals surface area contributed by atoms with E-state index in [2.05, 4.69) is 41.8 Å². The number of benzene rings is 2. The standard InChI is InChI=1S/C9H6BrNO3S.C9H6BrN/c10-8-1-2-9(15(12,13)14)7-5-11-4-3-6(7)8;10-9-3-1-2-7-6-11-5-4-8(7)9/h1-5H,(H,12,13,14);1-6H. The first-order chi connectivity index (χ1) is 12.4. The van der Waals surface area contributed by atoms with Crippen molar-refractivity contribution in [3.05, 3.63) is 76.2 Å². The van der Waals surface area contributed by atoms with Gasteiger partial charge in [0.05, 0.1) is 0 Å². The molecule has 0 saturated carbocycles. The molecule has 0 radical (unpaired) electrons. The molecule has 0 saturated heterocycles. The van der Waals surface area contributed by atoms with Crippen molar-refractivity contribution in [1.29, 1.82) is 0 Å². The molecule has 4 rings (SSSR count). The predicted octanol–water partition coefficient (Wildman–Crippen LogP) is 5.24. The third-order valence-corrected chi connectivity index (χ3v) is 5.93. The lowest BCUT2D eigenvalue weighted by Gasteiger charge is -2.04. The molecule has 8 heteroatoms. The van der Waals surface area contributed by atoms with Gasteiger partial charge in [-0.15, -0.1) is 0 Å². The SMILES string of the molecule is Brc1cccc2cnccc12.O=S(=O)(O)c1ccc(Br)c2ccncc12. The van der Waals surface area contributed by atoms with Crippen LogP contribution < -0.4 is 0 Å². The summed E-state index contributed by atoms with van der Waals surface area (Å²) in [6, 6.07) is 12.7. The van der Waals surface area contributed by atoms with Gasteiger partial charge in [0.25, 0.3) is 10.1 Å². The molecule has 0 bridgehead atoms. The Bertz CT molecular complexity index is 1190. The lowest BCUT2D eigenvalue weighted by molar-refractivity contribution is 0.484. The highest BCUT2D eigenvalue weighted by Gasteiger charge is 2.14. The Labute approximate surface area is 167 Å². The summed E-state index contributed by atoms with van der Waals surface area (Å²) in [7, 11) is -4.21. The van der Waals surface area contributed by atoms with E-state index >= 15 is 0 Å². The van der Waals surface area contributed by atoms with Crippen LogP contribution in [0.3, 0.4) is 0 Å². The van der Waals surface area contributed by atoms with Crippen molar-refractivity contribution in [3.63, 3.8) is 0 Å². The van der Waals surface area contributed by atoms with Crippen molar-refractivity contribution in [1.82, 2.24) is 9.97 Å². The van der Waals surface area contributed by atoms with Crippen LogP contribution in [-0.4, -0.2) is 22.9 Å². The van der Waals surface area contributed by atoms with Crippen LogP contribution in [0.4, 0.5) is 0 Å². The minimum absolute atomic E-state index is 0.131. The maximum atomic E-state index is 11.1. The molecule has 2 heterocycles. The van der Waals surface area contributed by atoms with Crippen molar-refractivity contribution >= 4 is 63.5 Å². The molecule has 2 aromatic carbocycles. The molecule has 2 aromatic heterocycles. The summed E-state index contributed by atoms with van der Waals surface area (Å²) in [5.41, 5.74) is 0. The second-order valence-corrected chi connectivity index (χ2v) is 8.38. The fourth-order valence-corrected chi connectivity index (χ4v) is 4.11. The van der Waals surface area contributed by atoms with Gasteiger partial charge in [-0.3, -0.25) is 14.5 Å². The van der Waals surface area contributed by atoms with E-state index in [1.807, 2.05) is 30.5 Å². The molecule has 5 nitrogen and oxygen atoms in total. The maximum Gasteiger partial charge on any atom is 0.295 e. The summed E-state index contributed by atoms with van der Waals surface area (Å²) in [5, 5.41) is 3.47. The summed E-state index contributed by atoms with van der Waals surface area (Å²) in [6.07, 6.45) is 6.62. The summed E-state index contributed by atoms with van der Waals surface area (Å²) in [6.45, 7) is 0. The van der Waals surface area contributed by atoms with E-state index in [9.17, 15) is 8.42 Å². The number of fused-ring (bicyclic) bond motifs is 2. The molecular formula is C18H12Br2N2O3S. The quantitative estimate of drug-likeness (QED) is 0.365. The number of halogens is 2. The number of hydrogen-bond acceptors (Lipinski definition) is 4. The van der Waals surface area contributed by atoms with Gasteiger partial charge in [0.1, 0.15) is 4.90 Å².